The zero-order valence-corrected chi connectivity index (χ0v) is 15.3. The maximum Gasteiger partial charge on any atom is 0.320 e. The van der Waals surface area contributed by atoms with E-state index in [2.05, 4.69) is 32.4 Å². The quantitative estimate of drug-likeness (QED) is 0.835. The molecule has 3 heterocycles. The number of nitrogens with one attached hydrogen (secondary N) is 2. The summed E-state index contributed by atoms with van der Waals surface area (Å²) >= 11 is 0. The van der Waals surface area contributed by atoms with E-state index in [0.29, 0.717) is 18.3 Å². The van der Waals surface area contributed by atoms with Gasteiger partial charge in [0.05, 0.1) is 0 Å². The topological polar surface area (TPSA) is 70.2 Å². The molecule has 0 saturated carbocycles. The van der Waals surface area contributed by atoms with E-state index in [1.54, 1.807) is 18.6 Å². The lowest BCUT2D eigenvalue weighted by Gasteiger charge is -2.30. The number of rotatable bonds is 6. The van der Waals surface area contributed by atoms with Gasteiger partial charge in [-0.25, -0.2) is 9.78 Å². The van der Waals surface area contributed by atoms with Crippen LogP contribution in [0.4, 0.5) is 10.6 Å². The first-order valence-electron chi connectivity index (χ1n) is 9.38. The number of carbonyl (C=O) groups excluding carboxylic acids is 1. The molecule has 26 heavy (non-hydrogen) atoms. The normalized spacial score (nSPS) is 15.6. The van der Waals surface area contributed by atoms with Crippen molar-refractivity contribution < 1.29 is 4.79 Å². The molecule has 6 nitrogen and oxygen atoms in total. The fourth-order valence-corrected chi connectivity index (χ4v) is 3.35. The predicted molar refractivity (Wildman–Crippen MR) is 104 cm³/mol. The number of likely N-dealkylation sites (tertiary alicyclic amines) is 1. The first-order valence-corrected chi connectivity index (χ1v) is 9.38. The van der Waals surface area contributed by atoms with Crippen molar-refractivity contribution in [1.82, 2.24) is 20.2 Å². The second kappa shape index (κ2) is 9.29. The highest BCUT2D eigenvalue weighted by molar-refractivity contribution is 5.88. The average Bonchev–Trinajstić information content (AvgIpc) is 2.69. The van der Waals surface area contributed by atoms with Crippen LogP contribution in [0.2, 0.25) is 0 Å². The Labute approximate surface area is 155 Å². The van der Waals surface area contributed by atoms with Crippen LogP contribution >= 0.6 is 0 Å². The number of hydrogen-bond acceptors (Lipinski definition) is 4. The Morgan fingerprint density at radius 2 is 2.08 bits per heavy atom. The molecule has 0 aromatic carbocycles. The fraction of sp³-hybridized carbons (Fsp3) is 0.450. The number of nitrogens with zero attached hydrogens (tertiary/aromatic N) is 3. The summed E-state index contributed by atoms with van der Waals surface area (Å²) in [5.41, 5.74) is 1.97. The van der Waals surface area contributed by atoms with Crippen molar-refractivity contribution in [2.45, 2.75) is 26.2 Å². The highest BCUT2D eigenvalue weighted by Gasteiger charge is 2.17. The lowest BCUT2D eigenvalue weighted by molar-refractivity contribution is 0.186. The van der Waals surface area contributed by atoms with Crippen molar-refractivity contribution in [3.63, 3.8) is 0 Å². The van der Waals surface area contributed by atoms with Crippen molar-refractivity contribution >= 4 is 11.8 Å². The Balaban J connectivity index is 1.44. The van der Waals surface area contributed by atoms with Crippen LogP contribution in [0, 0.1) is 5.92 Å². The fourth-order valence-electron chi connectivity index (χ4n) is 3.35. The number of urea groups is 1. The molecule has 0 atom stereocenters. The monoisotopic (exact) mass is 353 g/mol. The molecule has 2 aromatic heterocycles. The molecular weight excluding hydrogens is 326 g/mol. The number of pyridine rings is 2. The molecule has 6 heteroatoms. The highest BCUT2D eigenvalue weighted by atomic mass is 16.2. The standard InChI is InChI=1S/C20H27N5O/c1-2-25-12-7-16(8-13-25)5-10-23-20(26)24-19-14-17(6-11-22-19)18-4-3-9-21-15-18/h3-4,6,9,11,14-16H,2,5,7-8,10,12-13H2,1H3,(H2,22,23,24,26). The molecule has 2 aromatic rings. The van der Waals surface area contributed by atoms with Gasteiger partial charge in [-0.05, 0) is 68.6 Å². The number of aromatic nitrogens is 2. The lowest BCUT2D eigenvalue weighted by Crippen LogP contribution is -2.35. The van der Waals surface area contributed by atoms with Crippen LogP contribution in [0.25, 0.3) is 11.1 Å². The van der Waals surface area contributed by atoms with E-state index in [1.165, 1.54) is 25.9 Å². The van der Waals surface area contributed by atoms with Crippen molar-refractivity contribution in [3.05, 3.63) is 42.9 Å². The summed E-state index contributed by atoms with van der Waals surface area (Å²) in [5.74, 6) is 1.25. The maximum atomic E-state index is 12.1. The molecule has 3 rings (SSSR count). The predicted octanol–water partition coefficient (Wildman–Crippen LogP) is 3.39. The Morgan fingerprint density at radius 1 is 1.23 bits per heavy atom. The molecule has 2 amide bonds. The van der Waals surface area contributed by atoms with E-state index in [1.807, 2.05) is 24.3 Å². The third kappa shape index (κ3) is 5.26. The smallest absolute Gasteiger partial charge is 0.320 e. The molecule has 2 N–H and O–H groups in total. The maximum absolute atomic E-state index is 12.1. The summed E-state index contributed by atoms with van der Waals surface area (Å²) in [4.78, 5) is 22.9. The van der Waals surface area contributed by atoms with Crippen molar-refractivity contribution in [2.75, 3.05) is 31.5 Å². The minimum absolute atomic E-state index is 0.202. The van der Waals surface area contributed by atoms with Gasteiger partial charge in [-0.15, -0.1) is 0 Å². The Morgan fingerprint density at radius 3 is 2.81 bits per heavy atom. The Bertz CT molecular complexity index is 698. The van der Waals surface area contributed by atoms with Gasteiger partial charge in [-0.1, -0.05) is 13.0 Å². The van der Waals surface area contributed by atoms with Crippen molar-refractivity contribution in [1.29, 1.82) is 0 Å². The molecule has 1 saturated heterocycles. The van der Waals surface area contributed by atoms with Crippen LogP contribution in [0.1, 0.15) is 26.2 Å². The largest absolute Gasteiger partial charge is 0.338 e. The molecule has 0 bridgehead atoms. The van der Waals surface area contributed by atoms with Crippen LogP contribution < -0.4 is 10.6 Å². The molecule has 0 aliphatic carbocycles. The number of amides is 2. The Kier molecular flexibility index (Phi) is 6.55. The van der Waals surface area contributed by atoms with Gasteiger partial charge in [-0.3, -0.25) is 10.3 Å². The molecule has 0 unspecified atom stereocenters. The van der Waals surface area contributed by atoms with Crippen LogP contribution in [0.15, 0.2) is 42.9 Å². The van der Waals surface area contributed by atoms with Gasteiger partial charge in [-0.2, -0.15) is 0 Å². The summed E-state index contributed by atoms with van der Waals surface area (Å²) in [6, 6.07) is 7.43. The lowest BCUT2D eigenvalue weighted by atomic mass is 9.93. The van der Waals surface area contributed by atoms with Crippen molar-refractivity contribution in [3.8, 4) is 11.1 Å². The van der Waals surface area contributed by atoms with E-state index in [-0.39, 0.29) is 6.03 Å². The average molecular weight is 353 g/mol. The summed E-state index contributed by atoms with van der Waals surface area (Å²) in [6.45, 7) is 6.41. The van der Waals surface area contributed by atoms with Crippen LogP contribution in [-0.4, -0.2) is 47.1 Å². The molecule has 0 spiro atoms. The van der Waals surface area contributed by atoms with Gasteiger partial charge in [0.15, 0.2) is 0 Å². The first kappa shape index (κ1) is 18.3. The van der Waals surface area contributed by atoms with E-state index in [4.69, 9.17) is 0 Å². The van der Waals surface area contributed by atoms with E-state index in [9.17, 15) is 4.79 Å². The third-order valence-corrected chi connectivity index (χ3v) is 4.99. The van der Waals surface area contributed by atoms with E-state index >= 15 is 0 Å². The number of piperidine rings is 1. The summed E-state index contributed by atoms with van der Waals surface area (Å²) in [6.07, 6.45) is 8.72. The third-order valence-electron chi connectivity index (χ3n) is 4.99. The van der Waals surface area contributed by atoms with Gasteiger partial charge in [0.2, 0.25) is 0 Å². The zero-order valence-electron chi connectivity index (χ0n) is 15.3. The van der Waals surface area contributed by atoms with Crippen LogP contribution in [0.5, 0.6) is 0 Å². The van der Waals surface area contributed by atoms with E-state index in [0.717, 1.165) is 24.1 Å². The summed E-state index contributed by atoms with van der Waals surface area (Å²) in [5, 5.41) is 5.76. The second-order valence-electron chi connectivity index (χ2n) is 6.72. The second-order valence-corrected chi connectivity index (χ2v) is 6.72. The van der Waals surface area contributed by atoms with Crippen LogP contribution in [0.3, 0.4) is 0 Å². The van der Waals surface area contributed by atoms with E-state index < -0.39 is 0 Å². The number of hydrogen-bond donors (Lipinski definition) is 2. The molecule has 138 valence electrons. The highest BCUT2D eigenvalue weighted by Crippen LogP contribution is 2.20. The SMILES string of the molecule is CCN1CCC(CCNC(=O)Nc2cc(-c3cccnc3)ccn2)CC1. The summed E-state index contributed by atoms with van der Waals surface area (Å²) in [7, 11) is 0. The first-order chi connectivity index (χ1) is 12.7. The molecule has 0 radical (unpaired) electrons. The number of anilines is 1. The minimum atomic E-state index is -0.202. The minimum Gasteiger partial charge on any atom is -0.338 e. The van der Waals surface area contributed by atoms with Crippen LogP contribution in [-0.2, 0) is 0 Å². The van der Waals surface area contributed by atoms with Crippen molar-refractivity contribution in [2.24, 2.45) is 5.92 Å². The van der Waals surface area contributed by atoms with Gasteiger partial charge in [0.1, 0.15) is 5.82 Å². The molecule has 1 aliphatic rings. The van der Waals surface area contributed by atoms with Gasteiger partial charge < -0.3 is 10.2 Å². The zero-order chi connectivity index (χ0) is 18.2. The van der Waals surface area contributed by atoms with Gasteiger partial charge in [0, 0.05) is 30.7 Å². The van der Waals surface area contributed by atoms with Gasteiger partial charge >= 0.3 is 6.03 Å². The molecule has 1 aliphatic heterocycles. The molecular formula is C20H27N5O. The Hall–Kier alpha value is -2.47. The van der Waals surface area contributed by atoms with Gasteiger partial charge in [0.25, 0.3) is 0 Å². The molecule has 1 fully saturated rings. The number of carbonyl (C=O) groups is 1. The summed E-state index contributed by atoms with van der Waals surface area (Å²) < 4.78 is 0.